The van der Waals surface area contributed by atoms with Gasteiger partial charge in [0, 0.05) is 16.6 Å². The van der Waals surface area contributed by atoms with Gasteiger partial charge in [-0.3, -0.25) is 9.59 Å². The third-order valence-corrected chi connectivity index (χ3v) is 5.50. The zero-order valence-electron chi connectivity index (χ0n) is 16.7. The van der Waals surface area contributed by atoms with Gasteiger partial charge in [0.1, 0.15) is 22.3 Å². The van der Waals surface area contributed by atoms with Crippen LogP contribution in [-0.2, 0) is 0 Å². The van der Waals surface area contributed by atoms with Crippen molar-refractivity contribution in [3.8, 4) is 10.6 Å². The van der Waals surface area contributed by atoms with Crippen LogP contribution >= 0.6 is 11.3 Å². The predicted octanol–water partition coefficient (Wildman–Crippen LogP) is 5.66. The van der Waals surface area contributed by atoms with Crippen LogP contribution in [0.4, 0.5) is 15.8 Å². The maximum atomic E-state index is 14.2. The predicted molar refractivity (Wildman–Crippen MR) is 118 cm³/mol. The third kappa shape index (κ3) is 4.54. The lowest BCUT2D eigenvalue weighted by Gasteiger charge is -2.09. The molecule has 2 aromatic heterocycles. The Morgan fingerprint density at radius 3 is 2.48 bits per heavy atom. The Bertz CT molecular complexity index is 1260. The Hall–Kier alpha value is -3.78. The second kappa shape index (κ2) is 8.53. The standard InChI is InChI=1S/C23H18FN3O3S/c1-13-3-5-15(6-4-13)23-27-20(12-31-23)22(29)25-16-7-8-18(24)19(11-16)26-21(28)17-9-10-30-14(17)2/h3-12H,1-2H3,(H,25,29)(H,26,28). The number of nitrogens with one attached hydrogen (secondary N) is 2. The highest BCUT2D eigenvalue weighted by Gasteiger charge is 2.16. The van der Waals surface area contributed by atoms with Crippen molar-refractivity contribution in [1.29, 1.82) is 0 Å². The molecule has 6 nitrogen and oxygen atoms in total. The lowest BCUT2D eigenvalue weighted by molar-refractivity contribution is 0.101. The fourth-order valence-corrected chi connectivity index (χ4v) is 3.72. The van der Waals surface area contributed by atoms with Crippen LogP contribution in [0.25, 0.3) is 10.6 Å². The number of thiazole rings is 1. The topological polar surface area (TPSA) is 84.2 Å². The highest BCUT2D eigenvalue weighted by atomic mass is 32.1. The number of hydrogen-bond donors (Lipinski definition) is 2. The molecule has 2 amide bonds. The molecule has 8 heteroatoms. The van der Waals surface area contributed by atoms with Crippen molar-refractivity contribution in [2.75, 3.05) is 10.6 Å². The molecule has 0 unspecified atom stereocenters. The number of carbonyl (C=O) groups is 2. The van der Waals surface area contributed by atoms with E-state index in [0.717, 1.165) is 16.1 Å². The highest BCUT2D eigenvalue weighted by molar-refractivity contribution is 7.13. The first kappa shape index (κ1) is 20.5. The lowest BCUT2D eigenvalue weighted by Crippen LogP contribution is -2.15. The maximum Gasteiger partial charge on any atom is 0.275 e. The van der Waals surface area contributed by atoms with Crippen LogP contribution in [0.1, 0.15) is 32.2 Å². The molecule has 0 saturated carbocycles. The van der Waals surface area contributed by atoms with Crippen LogP contribution in [0.2, 0.25) is 0 Å². The van der Waals surface area contributed by atoms with Crippen LogP contribution in [0.15, 0.2) is 64.6 Å². The van der Waals surface area contributed by atoms with Crippen LogP contribution in [0, 0.1) is 19.7 Å². The Balaban J connectivity index is 1.49. The van der Waals surface area contributed by atoms with E-state index in [2.05, 4.69) is 15.6 Å². The van der Waals surface area contributed by atoms with Crippen molar-refractivity contribution >= 4 is 34.5 Å². The van der Waals surface area contributed by atoms with Crippen LogP contribution < -0.4 is 10.6 Å². The van der Waals surface area contributed by atoms with Gasteiger partial charge in [-0.2, -0.15) is 0 Å². The number of rotatable bonds is 5. The van der Waals surface area contributed by atoms with Gasteiger partial charge >= 0.3 is 0 Å². The fourth-order valence-electron chi connectivity index (χ4n) is 2.91. The van der Waals surface area contributed by atoms with Gasteiger partial charge in [-0.1, -0.05) is 29.8 Å². The first-order valence-corrected chi connectivity index (χ1v) is 10.3. The van der Waals surface area contributed by atoms with Crippen molar-refractivity contribution in [2.24, 2.45) is 0 Å². The van der Waals surface area contributed by atoms with Crippen molar-refractivity contribution in [3.63, 3.8) is 0 Å². The summed E-state index contributed by atoms with van der Waals surface area (Å²) in [7, 11) is 0. The van der Waals surface area contributed by atoms with Crippen molar-refractivity contribution < 1.29 is 18.4 Å². The molecule has 0 aliphatic heterocycles. The van der Waals surface area contributed by atoms with E-state index >= 15 is 0 Å². The highest BCUT2D eigenvalue weighted by Crippen LogP contribution is 2.25. The van der Waals surface area contributed by atoms with Gasteiger partial charge in [0.15, 0.2) is 0 Å². The summed E-state index contributed by atoms with van der Waals surface area (Å²) in [5.41, 5.74) is 2.90. The normalized spacial score (nSPS) is 10.7. The molecule has 2 N–H and O–H groups in total. The minimum Gasteiger partial charge on any atom is -0.469 e. The molecule has 0 saturated heterocycles. The smallest absolute Gasteiger partial charge is 0.275 e. The molecule has 0 aliphatic rings. The molecular formula is C23H18FN3O3S. The molecule has 0 spiro atoms. The molecule has 0 bridgehead atoms. The minimum absolute atomic E-state index is 0.0537. The quantitative estimate of drug-likeness (QED) is 0.423. The van der Waals surface area contributed by atoms with Gasteiger partial charge in [0.05, 0.1) is 17.5 Å². The summed E-state index contributed by atoms with van der Waals surface area (Å²) in [6.07, 6.45) is 1.38. The molecule has 4 aromatic rings. The first-order valence-electron chi connectivity index (χ1n) is 9.39. The van der Waals surface area contributed by atoms with Gasteiger partial charge in [0.25, 0.3) is 11.8 Å². The summed E-state index contributed by atoms with van der Waals surface area (Å²) in [5.74, 6) is -1.13. The number of furan rings is 1. The molecule has 0 fully saturated rings. The van der Waals surface area contributed by atoms with Crippen LogP contribution in [0.5, 0.6) is 0 Å². The third-order valence-electron chi connectivity index (χ3n) is 4.61. The molecule has 31 heavy (non-hydrogen) atoms. The summed E-state index contributed by atoms with van der Waals surface area (Å²) in [5, 5.41) is 7.58. The van der Waals surface area contributed by atoms with Crippen LogP contribution in [0.3, 0.4) is 0 Å². The Labute approximate surface area is 181 Å². The molecule has 4 rings (SSSR count). The number of aromatic nitrogens is 1. The van der Waals surface area contributed by atoms with E-state index in [1.165, 1.54) is 41.9 Å². The summed E-state index contributed by atoms with van der Waals surface area (Å²) < 4.78 is 19.3. The number of amides is 2. The lowest BCUT2D eigenvalue weighted by atomic mass is 10.2. The van der Waals surface area contributed by atoms with Gasteiger partial charge < -0.3 is 15.1 Å². The Morgan fingerprint density at radius 2 is 1.77 bits per heavy atom. The Morgan fingerprint density at radius 1 is 1.00 bits per heavy atom. The molecule has 0 aliphatic carbocycles. The fraction of sp³-hybridized carbons (Fsp3) is 0.0870. The van der Waals surface area contributed by atoms with E-state index in [1.807, 2.05) is 31.2 Å². The summed E-state index contributed by atoms with van der Waals surface area (Å²) in [6.45, 7) is 3.64. The summed E-state index contributed by atoms with van der Waals surface area (Å²) in [6, 6.07) is 13.3. The van der Waals surface area contributed by atoms with Gasteiger partial charge in [-0.25, -0.2) is 9.37 Å². The zero-order valence-corrected chi connectivity index (χ0v) is 17.5. The van der Waals surface area contributed by atoms with E-state index in [9.17, 15) is 14.0 Å². The summed E-state index contributed by atoms with van der Waals surface area (Å²) >= 11 is 1.36. The van der Waals surface area contributed by atoms with E-state index in [0.29, 0.717) is 17.0 Å². The number of hydrogen-bond acceptors (Lipinski definition) is 5. The second-order valence-corrected chi connectivity index (χ2v) is 7.76. The summed E-state index contributed by atoms with van der Waals surface area (Å²) in [4.78, 5) is 29.3. The molecule has 0 radical (unpaired) electrons. The monoisotopic (exact) mass is 435 g/mol. The maximum absolute atomic E-state index is 14.2. The average molecular weight is 435 g/mol. The molecule has 2 aromatic carbocycles. The van der Waals surface area contributed by atoms with E-state index in [4.69, 9.17) is 4.42 Å². The number of anilines is 2. The SMILES string of the molecule is Cc1ccc(-c2nc(C(=O)Nc3ccc(F)c(NC(=O)c4ccoc4C)c3)cs2)cc1. The van der Waals surface area contributed by atoms with Crippen molar-refractivity contribution in [2.45, 2.75) is 13.8 Å². The molecule has 2 heterocycles. The molecular weight excluding hydrogens is 417 g/mol. The second-order valence-electron chi connectivity index (χ2n) is 6.90. The van der Waals surface area contributed by atoms with Gasteiger partial charge in [-0.05, 0) is 38.1 Å². The zero-order chi connectivity index (χ0) is 22.0. The van der Waals surface area contributed by atoms with Crippen molar-refractivity contribution in [3.05, 3.63) is 88.6 Å². The minimum atomic E-state index is -0.622. The average Bonchev–Trinajstić information content (AvgIpc) is 3.40. The van der Waals surface area contributed by atoms with E-state index in [-0.39, 0.29) is 11.4 Å². The number of aryl methyl sites for hydroxylation is 2. The van der Waals surface area contributed by atoms with Gasteiger partial charge in [-0.15, -0.1) is 11.3 Å². The number of benzene rings is 2. The van der Waals surface area contributed by atoms with Gasteiger partial charge in [0.2, 0.25) is 0 Å². The van der Waals surface area contributed by atoms with E-state index < -0.39 is 17.6 Å². The largest absolute Gasteiger partial charge is 0.469 e. The number of halogens is 1. The molecule has 0 atom stereocenters. The first-order chi connectivity index (χ1) is 14.9. The van der Waals surface area contributed by atoms with Crippen LogP contribution in [-0.4, -0.2) is 16.8 Å². The number of nitrogens with zero attached hydrogens (tertiary/aromatic N) is 1. The Kier molecular flexibility index (Phi) is 5.64. The van der Waals surface area contributed by atoms with E-state index in [1.54, 1.807) is 12.3 Å². The molecule has 156 valence electrons. The van der Waals surface area contributed by atoms with Crippen molar-refractivity contribution in [1.82, 2.24) is 4.98 Å². The number of carbonyl (C=O) groups excluding carboxylic acids is 2.